The van der Waals surface area contributed by atoms with Crippen LogP contribution in [0.15, 0.2) is 39.0 Å². The summed E-state index contributed by atoms with van der Waals surface area (Å²) >= 11 is 7.57. The lowest BCUT2D eigenvalue weighted by molar-refractivity contribution is -0.123. The maximum Gasteiger partial charge on any atom is 0.285 e. The second-order valence-electron chi connectivity index (χ2n) is 4.38. The molecule has 22 heavy (non-hydrogen) atoms. The number of hydrazine groups is 1. The number of thioether (sulfide) groups is 1. The molecule has 2 aromatic rings. The summed E-state index contributed by atoms with van der Waals surface area (Å²) in [5, 5.41) is 2.88. The van der Waals surface area contributed by atoms with E-state index >= 15 is 0 Å². The number of hydrogen-bond donors (Lipinski definition) is 1. The van der Waals surface area contributed by atoms with Gasteiger partial charge in [-0.2, -0.15) is 5.01 Å². The summed E-state index contributed by atoms with van der Waals surface area (Å²) in [4.78, 5) is 25.3. The average Bonchev–Trinajstić information content (AvgIpc) is 3.18. The standard InChI is InChI=1S/C14H10N2O3S3/c1-8-4-5-9(19-8)7-11-13(18)16(14(20)22-11)15-12(17)10-3-2-6-21-10/h2-7H,1H3,(H,15,17)/b11-7+. The minimum Gasteiger partial charge on any atom is -0.462 e. The molecule has 0 bridgehead atoms. The molecule has 0 aromatic carbocycles. The number of carbonyl (C=O) groups excluding carboxylic acids is 2. The maximum atomic E-state index is 12.3. The molecule has 0 aliphatic carbocycles. The maximum absolute atomic E-state index is 12.3. The Morgan fingerprint density at radius 3 is 2.86 bits per heavy atom. The summed E-state index contributed by atoms with van der Waals surface area (Å²) < 4.78 is 5.70. The van der Waals surface area contributed by atoms with Crippen molar-refractivity contribution in [3.8, 4) is 0 Å². The zero-order chi connectivity index (χ0) is 15.7. The topological polar surface area (TPSA) is 62.6 Å². The lowest BCUT2D eigenvalue weighted by atomic mass is 10.3. The van der Waals surface area contributed by atoms with Crippen molar-refractivity contribution in [3.05, 3.63) is 50.9 Å². The van der Waals surface area contributed by atoms with Crippen LogP contribution in [0, 0.1) is 6.92 Å². The van der Waals surface area contributed by atoms with E-state index in [2.05, 4.69) is 5.43 Å². The van der Waals surface area contributed by atoms with Crippen molar-refractivity contribution in [3.63, 3.8) is 0 Å². The minimum absolute atomic E-state index is 0.282. The number of hydrogen-bond acceptors (Lipinski definition) is 6. The van der Waals surface area contributed by atoms with Gasteiger partial charge in [0, 0.05) is 6.08 Å². The molecule has 112 valence electrons. The summed E-state index contributed by atoms with van der Waals surface area (Å²) in [6.07, 6.45) is 1.61. The first-order valence-electron chi connectivity index (χ1n) is 6.23. The van der Waals surface area contributed by atoms with Crippen molar-refractivity contribution in [2.75, 3.05) is 0 Å². The summed E-state index contributed by atoms with van der Waals surface area (Å²) in [6.45, 7) is 1.82. The second-order valence-corrected chi connectivity index (χ2v) is 7.01. The third kappa shape index (κ3) is 2.99. The fraction of sp³-hybridized carbons (Fsp3) is 0.0714. The Bertz CT molecular complexity index is 777. The van der Waals surface area contributed by atoms with Crippen molar-refractivity contribution in [2.24, 2.45) is 0 Å². The zero-order valence-electron chi connectivity index (χ0n) is 11.4. The molecule has 0 unspecified atom stereocenters. The Morgan fingerprint density at radius 2 is 2.23 bits per heavy atom. The molecule has 1 aliphatic heterocycles. The van der Waals surface area contributed by atoms with Crippen LogP contribution in [0.3, 0.4) is 0 Å². The van der Waals surface area contributed by atoms with Gasteiger partial charge in [-0.3, -0.25) is 15.0 Å². The van der Waals surface area contributed by atoms with Gasteiger partial charge in [-0.05, 0) is 42.7 Å². The number of aryl methyl sites for hydroxylation is 1. The molecule has 0 atom stereocenters. The molecular weight excluding hydrogens is 340 g/mol. The predicted molar refractivity (Wildman–Crippen MR) is 90.2 cm³/mol. The van der Waals surface area contributed by atoms with E-state index in [1.807, 2.05) is 13.0 Å². The van der Waals surface area contributed by atoms with Crippen LogP contribution in [0.5, 0.6) is 0 Å². The van der Waals surface area contributed by atoms with Crippen LogP contribution in [-0.4, -0.2) is 21.1 Å². The van der Waals surface area contributed by atoms with Gasteiger partial charge in [0.1, 0.15) is 11.5 Å². The first kappa shape index (κ1) is 15.0. The molecule has 1 saturated heterocycles. The molecule has 1 aliphatic rings. The van der Waals surface area contributed by atoms with Crippen LogP contribution in [0.1, 0.15) is 21.2 Å². The van der Waals surface area contributed by atoms with Gasteiger partial charge < -0.3 is 4.42 Å². The van der Waals surface area contributed by atoms with Crippen LogP contribution >= 0.6 is 35.3 Å². The fourth-order valence-electron chi connectivity index (χ4n) is 1.79. The van der Waals surface area contributed by atoms with Gasteiger partial charge in [-0.15, -0.1) is 11.3 Å². The van der Waals surface area contributed by atoms with Gasteiger partial charge in [0.15, 0.2) is 4.32 Å². The lowest BCUT2D eigenvalue weighted by Gasteiger charge is -2.14. The Labute approximate surface area is 140 Å². The van der Waals surface area contributed by atoms with Gasteiger partial charge in [0.25, 0.3) is 11.8 Å². The number of thiophene rings is 1. The Kier molecular flexibility index (Phi) is 4.14. The molecule has 5 nitrogen and oxygen atoms in total. The summed E-state index contributed by atoms with van der Waals surface area (Å²) in [5.41, 5.74) is 2.52. The van der Waals surface area contributed by atoms with E-state index in [0.717, 1.165) is 22.5 Å². The minimum atomic E-state index is -0.367. The van der Waals surface area contributed by atoms with E-state index in [0.29, 0.717) is 15.5 Å². The van der Waals surface area contributed by atoms with Crippen LogP contribution < -0.4 is 5.43 Å². The normalized spacial score (nSPS) is 16.6. The highest BCUT2D eigenvalue weighted by molar-refractivity contribution is 8.26. The van der Waals surface area contributed by atoms with E-state index in [9.17, 15) is 9.59 Å². The monoisotopic (exact) mass is 350 g/mol. The largest absolute Gasteiger partial charge is 0.462 e. The van der Waals surface area contributed by atoms with Crippen molar-refractivity contribution in [1.29, 1.82) is 0 Å². The SMILES string of the molecule is Cc1ccc(/C=C2/SC(=S)N(NC(=O)c3cccs3)C2=O)o1. The average molecular weight is 350 g/mol. The molecule has 2 amide bonds. The molecule has 8 heteroatoms. The van der Waals surface area contributed by atoms with E-state index in [4.69, 9.17) is 16.6 Å². The van der Waals surface area contributed by atoms with Crippen LogP contribution in [0.4, 0.5) is 0 Å². The number of furan rings is 1. The van der Waals surface area contributed by atoms with E-state index in [1.165, 1.54) is 11.3 Å². The smallest absolute Gasteiger partial charge is 0.285 e. The van der Waals surface area contributed by atoms with Gasteiger partial charge in [-0.1, -0.05) is 17.8 Å². The number of amides is 2. The number of nitrogens with zero attached hydrogens (tertiary/aromatic N) is 1. The molecule has 3 heterocycles. The molecule has 1 N–H and O–H groups in total. The fourth-order valence-corrected chi connectivity index (χ4v) is 3.56. The quantitative estimate of drug-likeness (QED) is 0.680. The zero-order valence-corrected chi connectivity index (χ0v) is 13.8. The van der Waals surface area contributed by atoms with Gasteiger partial charge in [0.05, 0.1) is 9.78 Å². The predicted octanol–water partition coefficient (Wildman–Crippen LogP) is 3.20. The Balaban J connectivity index is 1.77. The molecule has 1 fully saturated rings. The molecule has 2 aromatic heterocycles. The molecule has 3 rings (SSSR count). The number of nitrogens with one attached hydrogen (secondary N) is 1. The third-order valence-corrected chi connectivity index (χ3v) is 4.96. The van der Waals surface area contributed by atoms with Crippen LogP contribution in [0.2, 0.25) is 0 Å². The number of thiocarbonyl (C=S) groups is 1. The molecule has 0 radical (unpaired) electrons. The van der Waals surface area contributed by atoms with Crippen molar-refractivity contribution in [1.82, 2.24) is 10.4 Å². The highest BCUT2D eigenvalue weighted by Crippen LogP contribution is 2.31. The van der Waals surface area contributed by atoms with E-state index < -0.39 is 0 Å². The van der Waals surface area contributed by atoms with Gasteiger partial charge in [0.2, 0.25) is 0 Å². The van der Waals surface area contributed by atoms with Gasteiger partial charge >= 0.3 is 0 Å². The van der Waals surface area contributed by atoms with E-state index in [1.54, 1.807) is 29.7 Å². The van der Waals surface area contributed by atoms with Crippen LogP contribution in [-0.2, 0) is 4.79 Å². The molecule has 0 saturated carbocycles. The first-order valence-corrected chi connectivity index (χ1v) is 8.34. The molecule has 0 spiro atoms. The van der Waals surface area contributed by atoms with Crippen molar-refractivity contribution < 1.29 is 14.0 Å². The third-order valence-electron chi connectivity index (χ3n) is 2.79. The highest BCUT2D eigenvalue weighted by Gasteiger charge is 2.34. The molecular formula is C14H10N2O3S3. The van der Waals surface area contributed by atoms with E-state index in [-0.39, 0.29) is 16.1 Å². The first-order chi connectivity index (χ1) is 10.5. The van der Waals surface area contributed by atoms with Gasteiger partial charge in [-0.25, -0.2) is 0 Å². The summed E-state index contributed by atoms with van der Waals surface area (Å²) in [6, 6.07) is 7.03. The Hall–Kier alpha value is -1.90. The highest BCUT2D eigenvalue weighted by atomic mass is 32.2. The number of carbonyl (C=O) groups is 2. The lowest BCUT2D eigenvalue weighted by Crippen LogP contribution is -2.44. The Morgan fingerprint density at radius 1 is 1.41 bits per heavy atom. The van der Waals surface area contributed by atoms with Crippen molar-refractivity contribution >= 4 is 57.5 Å². The second kappa shape index (κ2) is 6.07. The van der Waals surface area contributed by atoms with Crippen LogP contribution in [0.25, 0.3) is 6.08 Å². The summed E-state index contributed by atoms with van der Waals surface area (Å²) in [5.74, 6) is 0.602. The summed E-state index contributed by atoms with van der Waals surface area (Å²) in [7, 11) is 0. The van der Waals surface area contributed by atoms with Crippen molar-refractivity contribution in [2.45, 2.75) is 6.92 Å². The number of rotatable bonds is 3.